The van der Waals surface area contributed by atoms with E-state index in [2.05, 4.69) is 10.6 Å². The maximum absolute atomic E-state index is 14.0. The number of urea groups is 1. The number of halogens is 1. The van der Waals surface area contributed by atoms with Crippen LogP contribution in [-0.4, -0.2) is 24.3 Å². The van der Waals surface area contributed by atoms with Crippen LogP contribution >= 0.6 is 0 Å². The second-order valence-corrected chi connectivity index (χ2v) is 4.87. The summed E-state index contributed by atoms with van der Waals surface area (Å²) in [6, 6.07) is 6.22. The fraction of sp³-hybridized carbons (Fsp3) is 0.500. The Morgan fingerprint density at radius 1 is 1.32 bits per heavy atom. The van der Waals surface area contributed by atoms with E-state index in [0.29, 0.717) is 5.56 Å². The van der Waals surface area contributed by atoms with Crippen LogP contribution < -0.4 is 10.6 Å². The summed E-state index contributed by atoms with van der Waals surface area (Å²) in [4.78, 5) is 11.8. The summed E-state index contributed by atoms with van der Waals surface area (Å²) in [5, 5.41) is 14.1. The van der Waals surface area contributed by atoms with Crippen LogP contribution in [0.2, 0.25) is 0 Å². The van der Waals surface area contributed by atoms with Crippen LogP contribution in [0.15, 0.2) is 24.3 Å². The molecule has 0 heterocycles. The molecule has 2 amide bonds. The summed E-state index contributed by atoms with van der Waals surface area (Å²) in [7, 11) is 0. The molecule has 2 rings (SSSR count). The van der Waals surface area contributed by atoms with Gasteiger partial charge in [0.05, 0.1) is 12.1 Å². The predicted octanol–water partition coefficient (Wildman–Crippen LogP) is 1.89. The first kappa shape index (κ1) is 13.8. The molecule has 1 saturated carbocycles. The van der Waals surface area contributed by atoms with Crippen LogP contribution in [0.5, 0.6) is 0 Å². The molecule has 0 unspecified atom stereocenters. The normalized spacial score (nSPS) is 17.2. The number of aliphatic hydroxyl groups excluding tert-OH is 1. The Morgan fingerprint density at radius 3 is 2.63 bits per heavy atom. The molecule has 19 heavy (non-hydrogen) atoms. The Labute approximate surface area is 112 Å². The predicted molar refractivity (Wildman–Crippen MR) is 70.2 cm³/mol. The SMILES string of the molecule is O=C(NCCO)NC1(c2ccccc2F)CCCC1. The Bertz CT molecular complexity index is 445. The van der Waals surface area contributed by atoms with Gasteiger partial charge in [-0.05, 0) is 18.9 Å². The maximum Gasteiger partial charge on any atom is 0.315 e. The number of aliphatic hydroxyl groups is 1. The summed E-state index contributed by atoms with van der Waals surface area (Å²) in [6.07, 6.45) is 3.41. The Balaban J connectivity index is 2.19. The van der Waals surface area contributed by atoms with Crippen LogP contribution in [0.4, 0.5) is 9.18 Å². The van der Waals surface area contributed by atoms with Gasteiger partial charge in [-0.2, -0.15) is 0 Å². The average Bonchev–Trinajstić information content (AvgIpc) is 2.86. The lowest BCUT2D eigenvalue weighted by Crippen LogP contribution is -2.49. The van der Waals surface area contributed by atoms with Gasteiger partial charge in [0.2, 0.25) is 0 Å². The van der Waals surface area contributed by atoms with Crippen molar-refractivity contribution in [3.05, 3.63) is 35.6 Å². The van der Waals surface area contributed by atoms with Gasteiger partial charge in [-0.3, -0.25) is 0 Å². The van der Waals surface area contributed by atoms with Crippen molar-refractivity contribution in [3.63, 3.8) is 0 Å². The topological polar surface area (TPSA) is 61.4 Å². The third-order valence-electron chi connectivity index (χ3n) is 3.60. The van der Waals surface area contributed by atoms with E-state index < -0.39 is 5.54 Å². The molecule has 0 atom stereocenters. The van der Waals surface area contributed by atoms with Gasteiger partial charge in [0.25, 0.3) is 0 Å². The fourth-order valence-corrected chi connectivity index (χ4v) is 2.72. The third kappa shape index (κ3) is 3.04. The van der Waals surface area contributed by atoms with Crippen molar-refractivity contribution in [2.45, 2.75) is 31.2 Å². The molecule has 0 radical (unpaired) electrons. The standard InChI is InChI=1S/C14H19FN2O2/c15-12-6-2-1-5-11(12)14(7-3-4-8-14)17-13(19)16-9-10-18/h1-2,5-6,18H,3-4,7-10H2,(H2,16,17,19). The van der Waals surface area contributed by atoms with E-state index in [4.69, 9.17) is 5.11 Å². The molecule has 1 aliphatic carbocycles. The second-order valence-electron chi connectivity index (χ2n) is 4.87. The number of carbonyl (C=O) groups is 1. The average molecular weight is 266 g/mol. The minimum absolute atomic E-state index is 0.111. The number of hydrogen-bond acceptors (Lipinski definition) is 2. The zero-order chi connectivity index (χ0) is 13.7. The summed E-state index contributed by atoms with van der Waals surface area (Å²) < 4.78 is 14.0. The first-order valence-electron chi connectivity index (χ1n) is 6.60. The van der Waals surface area contributed by atoms with Gasteiger partial charge in [0.1, 0.15) is 5.82 Å². The highest BCUT2D eigenvalue weighted by Crippen LogP contribution is 2.39. The molecule has 1 aromatic carbocycles. The molecule has 0 aromatic heterocycles. The summed E-state index contributed by atoms with van der Waals surface area (Å²) in [6.45, 7) is 0.0826. The lowest BCUT2D eigenvalue weighted by atomic mass is 9.88. The van der Waals surface area contributed by atoms with Crippen molar-refractivity contribution < 1.29 is 14.3 Å². The minimum Gasteiger partial charge on any atom is -0.395 e. The Morgan fingerprint density at radius 2 is 2.00 bits per heavy atom. The van der Waals surface area contributed by atoms with Crippen molar-refractivity contribution in [2.75, 3.05) is 13.2 Å². The summed E-state index contributed by atoms with van der Waals surface area (Å²) >= 11 is 0. The molecule has 5 heteroatoms. The van der Waals surface area contributed by atoms with E-state index in [1.807, 2.05) is 0 Å². The Kier molecular flexibility index (Phi) is 4.37. The zero-order valence-corrected chi connectivity index (χ0v) is 10.8. The highest BCUT2D eigenvalue weighted by Gasteiger charge is 2.38. The van der Waals surface area contributed by atoms with Crippen LogP contribution in [0.1, 0.15) is 31.2 Å². The van der Waals surface area contributed by atoms with E-state index in [1.165, 1.54) is 6.07 Å². The van der Waals surface area contributed by atoms with E-state index >= 15 is 0 Å². The highest BCUT2D eigenvalue weighted by atomic mass is 19.1. The third-order valence-corrected chi connectivity index (χ3v) is 3.60. The zero-order valence-electron chi connectivity index (χ0n) is 10.8. The minimum atomic E-state index is -0.620. The molecular formula is C14H19FN2O2. The van der Waals surface area contributed by atoms with Crippen LogP contribution in [0, 0.1) is 5.82 Å². The number of rotatable bonds is 4. The first-order valence-corrected chi connectivity index (χ1v) is 6.60. The lowest BCUT2D eigenvalue weighted by molar-refractivity contribution is 0.218. The number of benzene rings is 1. The van der Waals surface area contributed by atoms with Crippen LogP contribution in [0.25, 0.3) is 0 Å². The summed E-state index contributed by atoms with van der Waals surface area (Å²) in [5.74, 6) is -0.285. The van der Waals surface area contributed by atoms with Crippen LogP contribution in [0.3, 0.4) is 0 Å². The van der Waals surface area contributed by atoms with Gasteiger partial charge < -0.3 is 15.7 Å². The largest absolute Gasteiger partial charge is 0.395 e. The van der Waals surface area contributed by atoms with Gasteiger partial charge in [-0.1, -0.05) is 31.0 Å². The smallest absolute Gasteiger partial charge is 0.315 e. The van der Waals surface area contributed by atoms with E-state index in [0.717, 1.165) is 25.7 Å². The van der Waals surface area contributed by atoms with Crippen molar-refractivity contribution in [1.29, 1.82) is 0 Å². The summed E-state index contributed by atoms with van der Waals surface area (Å²) in [5.41, 5.74) is -0.0723. The van der Waals surface area contributed by atoms with Crippen molar-refractivity contribution in [3.8, 4) is 0 Å². The molecule has 1 aliphatic rings. The molecule has 4 nitrogen and oxygen atoms in total. The van der Waals surface area contributed by atoms with Gasteiger partial charge in [0, 0.05) is 12.1 Å². The van der Waals surface area contributed by atoms with E-state index in [1.54, 1.807) is 18.2 Å². The monoisotopic (exact) mass is 266 g/mol. The molecular weight excluding hydrogens is 247 g/mol. The van der Waals surface area contributed by atoms with Gasteiger partial charge >= 0.3 is 6.03 Å². The van der Waals surface area contributed by atoms with E-state index in [-0.39, 0.29) is 25.0 Å². The lowest BCUT2D eigenvalue weighted by Gasteiger charge is -2.31. The number of nitrogens with one attached hydrogen (secondary N) is 2. The van der Waals surface area contributed by atoms with Gasteiger partial charge in [0.15, 0.2) is 0 Å². The molecule has 0 aliphatic heterocycles. The van der Waals surface area contributed by atoms with Crippen molar-refractivity contribution >= 4 is 6.03 Å². The molecule has 1 aromatic rings. The first-order chi connectivity index (χ1) is 9.18. The van der Waals surface area contributed by atoms with E-state index in [9.17, 15) is 9.18 Å². The molecule has 0 spiro atoms. The number of carbonyl (C=O) groups excluding carboxylic acids is 1. The molecule has 104 valence electrons. The maximum atomic E-state index is 14.0. The molecule has 0 saturated heterocycles. The number of amides is 2. The molecule has 0 bridgehead atoms. The molecule has 3 N–H and O–H groups in total. The molecule has 1 fully saturated rings. The fourth-order valence-electron chi connectivity index (χ4n) is 2.72. The highest BCUT2D eigenvalue weighted by molar-refractivity contribution is 5.75. The second kappa shape index (κ2) is 6.02. The van der Waals surface area contributed by atoms with Crippen LogP contribution in [-0.2, 0) is 5.54 Å². The van der Waals surface area contributed by atoms with Crippen molar-refractivity contribution in [2.24, 2.45) is 0 Å². The van der Waals surface area contributed by atoms with Gasteiger partial charge in [-0.15, -0.1) is 0 Å². The van der Waals surface area contributed by atoms with Gasteiger partial charge in [-0.25, -0.2) is 9.18 Å². The quantitative estimate of drug-likeness (QED) is 0.779. The number of hydrogen-bond donors (Lipinski definition) is 3. The van der Waals surface area contributed by atoms with Crippen molar-refractivity contribution in [1.82, 2.24) is 10.6 Å². The Hall–Kier alpha value is -1.62.